The van der Waals surface area contributed by atoms with E-state index in [4.69, 9.17) is 0 Å². The van der Waals surface area contributed by atoms with Gasteiger partial charge < -0.3 is 10.2 Å². The number of nitrogens with zero attached hydrogens (tertiary/aromatic N) is 2. The van der Waals surface area contributed by atoms with E-state index in [0.717, 1.165) is 31.2 Å². The zero-order valence-electron chi connectivity index (χ0n) is 17.3. The maximum atomic E-state index is 13.0. The highest BCUT2D eigenvalue weighted by molar-refractivity contribution is 7.89. The second kappa shape index (κ2) is 9.26. The largest absolute Gasteiger partial charge is 0.349 e. The highest BCUT2D eigenvalue weighted by Gasteiger charge is 2.37. The maximum Gasteiger partial charge on any atom is 0.251 e. The van der Waals surface area contributed by atoms with Gasteiger partial charge in [0, 0.05) is 31.7 Å². The fraction of sp³-hybridized carbons (Fsp3) is 0.619. The van der Waals surface area contributed by atoms with Crippen molar-refractivity contribution < 1.29 is 18.0 Å². The summed E-state index contributed by atoms with van der Waals surface area (Å²) in [7, 11) is -1.71. The number of likely N-dealkylation sites (N-methyl/N-ethyl adjacent to an activating group) is 1. The lowest BCUT2D eigenvalue weighted by Gasteiger charge is -2.35. The number of carbonyl (C=O) groups is 2. The Balaban J connectivity index is 1.63. The smallest absolute Gasteiger partial charge is 0.251 e. The number of rotatable bonds is 8. The first kappa shape index (κ1) is 21.8. The normalized spacial score (nSPS) is 20.3. The average Bonchev–Trinajstić information content (AvgIpc) is 3.52. The van der Waals surface area contributed by atoms with Gasteiger partial charge in [-0.15, -0.1) is 0 Å². The molecular formula is C21H31N3O4S. The van der Waals surface area contributed by atoms with Crippen molar-refractivity contribution in [2.75, 3.05) is 19.3 Å². The molecule has 1 aliphatic carbocycles. The second-order valence-corrected chi connectivity index (χ2v) is 10.1. The van der Waals surface area contributed by atoms with E-state index >= 15 is 0 Å². The van der Waals surface area contributed by atoms with Gasteiger partial charge in [-0.1, -0.05) is 25.5 Å². The van der Waals surface area contributed by atoms with Crippen LogP contribution in [0.25, 0.3) is 0 Å². The summed E-state index contributed by atoms with van der Waals surface area (Å²) in [6.45, 7) is 2.62. The number of piperidine rings is 1. The quantitative estimate of drug-likeness (QED) is 0.697. The Bertz CT molecular complexity index is 834. The monoisotopic (exact) mass is 421 g/mol. The van der Waals surface area contributed by atoms with Crippen LogP contribution in [0.3, 0.4) is 0 Å². The van der Waals surface area contributed by atoms with Crippen LogP contribution in [0.4, 0.5) is 0 Å². The number of nitrogens with one attached hydrogen (secondary N) is 1. The molecule has 3 rings (SSSR count). The van der Waals surface area contributed by atoms with E-state index in [2.05, 4.69) is 5.32 Å². The highest BCUT2D eigenvalue weighted by Crippen LogP contribution is 2.23. The van der Waals surface area contributed by atoms with Gasteiger partial charge in [0.1, 0.15) is 6.04 Å². The number of amides is 2. The van der Waals surface area contributed by atoms with Gasteiger partial charge in [0.25, 0.3) is 5.91 Å². The Morgan fingerprint density at radius 2 is 1.83 bits per heavy atom. The zero-order valence-corrected chi connectivity index (χ0v) is 18.1. The zero-order chi connectivity index (χ0) is 21.0. The first-order valence-electron chi connectivity index (χ1n) is 10.5. The first-order valence-corrected chi connectivity index (χ1v) is 12.1. The molecule has 2 fully saturated rings. The van der Waals surface area contributed by atoms with E-state index in [9.17, 15) is 18.0 Å². The van der Waals surface area contributed by atoms with Crippen molar-refractivity contribution in [1.82, 2.24) is 14.5 Å². The van der Waals surface area contributed by atoms with E-state index in [1.807, 2.05) is 19.1 Å². The van der Waals surface area contributed by atoms with Gasteiger partial charge in [0.2, 0.25) is 15.9 Å². The van der Waals surface area contributed by atoms with Crippen molar-refractivity contribution in [3.63, 3.8) is 0 Å². The second-order valence-electron chi connectivity index (χ2n) is 8.08. The van der Waals surface area contributed by atoms with Crippen molar-refractivity contribution in [2.24, 2.45) is 0 Å². The van der Waals surface area contributed by atoms with Crippen molar-refractivity contribution in [3.8, 4) is 0 Å². The molecule has 1 saturated carbocycles. The Morgan fingerprint density at radius 1 is 1.14 bits per heavy atom. The lowest BCUT2D eigenvalue weighted by Crippen LogP contribution is -2.52. The molecular weight excluding hydrogens is 390 g/mol. The molecule has 2 aliphatic rings. The van der Waals surface area contributed by atoms with Crippen LogP contribution < -0.4 is 5.32 Å². The Morgan fingerprint density at radius 3 is 2.45 bits per heavy atom. The summed E-state index contributed by atoms with van der Waals surface area (Å²) in [4.78, 5) is 26.7. The van der Waals surface area contributed by atoms with Crippen LogP contribution in [0.15, 0.2) is 24.3 Å². The van der Waals surface area contributed by atoms with Gasteiger partial charge in [-0.2, -0.15) is 4.31 Å². The van der Waals surface area contributed by atoms with Gasteiger partial charge in [0.05, 0.1) is 5.75 Å². The van der Waals surface area contributed by atoms with E-state index in [1.165, 1.54) is 4.31 Å². The average molecular weight is 422 g/mol. The summed E-state index contributed by atoms with van der Waals surface area (Å²) in [5, 5.41) is 2.95. The molecule has 160 valence electrons. The molecule has 0 radical (unpaired) electrons. The van der Waals surface area contributed by atoms with Gasteiger partial charge in [0.15, 0.2) is 0 Å². The van der Waals surface area contributed by atoms with Crippen molar-refractivity contribution in [2.45, 2.75) is 64.1 Å². The molecule has 0 spiro atoms. The fourth-order valence-corrected chi connectivity index (χ4v) is 5.47. The third-order valence-corrected chi connectivity index (χ3v) is 7.56. The molecule has 0 unspecified atom stereocenters. The molecule has 1 atom stereocenters. The minimum absolute atomic E-state index is 0.0672. The minimum atomic E-state index is -3.41. The molecule has 7 nitrogen and oxygen atoms in total. The Kier molecular flexibility index (Phi) is 6.95. The van der Waals surface area contributed by atoms with Crippen LogP contribution in [-0.2, 0) is 21.4 Å². The lowest BCUT2D eigenvalue weighted by atomic mass is 10.0. The molecule has 8 heteroatoms. The molecule has 29 heavy (non-hydrogen) atoms. The molecule has 1 aromatic carbocycles. The van der Waals surface area contributed by atoms with Crippen LogP contribution in [0.1, 0.15) is 61.4 Å². The summed E-state index contributed by atoms with van der Waals surface area (Å²) in [6.07, 6.45) is 4.84. The van der Waals surface area contributed by atoms with E-state index < -0.39 is 16.1 Å². The van der Waals surface area contributed by atoms with Crippen LogP contribution in [0.2, 0.25) is 0 Å². The summed E-state index contributed by atoms with van der Waals surface area (Å²) >= 11 is 0. The molecule has 1 aromatic rings. The van der Waals surface area contributed by atoms with Crippen molar-refractivity contribution in [1.29, 1.82) is 0 Å². The number of hydrogen-bond donors (Lipinski definition) is 1. The van der Waals surface area contributed by atoms with Crippen LogP contribution in [0, 0.1) is 0 Å². The van der Waals surface area contributed by atoms with Crippen molar-refractivity contribution in [3.05, 3.63) is 35.4 Å². The standard InChI is InChI=1S/C21H31N3O4S/c1-3-14-29(27,28)24-13-5-4-6-19(24)21(26)23(2)15-16-7-9-17(10-8-16)20(25)22-18-11-12-18/h7-10,18-19H,3-6,11-15H2,1-2H3,(H,22,25)/t19-/m1/s1. The predicted molar refractivity (Wildman–Crippen MR) is 112 cm³/mol. The molecule has 1 saturated heterocycles. The molecule has 0 bridgehead atoms. The number of hydrogen-bond acceptors (Lipinski definition) is 4. The predicted octanol–water partition coefficient (Wildman–Crippen LogP) is 2.13. The molecule has 1 heterocycles. The van der Waals surface area contributed by atoms with E-state index in [1.54, 1.807) is 24.1 Å². The summed E-state index contributed by atoms with van der Waals surface area (Å²) in [5.41, 5.74) is 1.52. The number of carbonyl (C=O) groups excluding carboxylic acids is 2. The Labute approximate surface area is 173 Å². The van der Waals surface area contributed by atoms with E-state index in [0.29, 0.717) is 37.5 Å². The van der Waals surface area contributed by atoms with Gasteiger partial charge >= 0.3 is 0 Å². The minimum Gasteiger partial charge on any atom is -0.349 e. The third-order valence-electron chi connectivity index (χ3n) is 5.48. The Hall–Kier alpha value is -1.93. The maximum absolute atomic E-state index is 13.0. The topological polar surface area (TPSA) is 86.8 Å². The highest BCUT2D eigenvalue weighted by atomic mass is 32.2. The third kappa shape index (κ3) is 5.57. The van der Waals surface area contributed by atoms with Crippen LogP contribution in [-0.4, -0.2) is 60.9 Å². The number of benzene rings is 1. The SMILES string of the molecule is CCCS(=O)(=O)N1CCCC[C@@H]1C(=O)N(C)Cc1ccc(C(=O)NC2CC2)cc1. The summed E-state index contributed by atoms with van der Waals surface area (Å²) in [6, 6.07) is 6.92. The summed E-state index contributed by atoms with van der Waals surface area (Å²) < 4.78 is 26.6. The molecule has 0 aromatic heterocycles. The lowest BCUT2D eigenvalue weighted by molar-refractivity contribution is -0.135. The van der Waals surface area contributed by atoms with E-state index in [-0.39, 0.29) is 17.6 Å². The molecule has 1 aliphatic heterocycles. The summed E-state index contributed by atoms with van der Waals surface area (Å²) in [5.74, 6) is -0.160. The van der Waals surface area contributed by atoms with Crippen molar-refractivity contribution >= 4 is 21.8 Å². The number of sulfonamides is 1. The van der Waals surface area contributed by atoms with Crippen LogP contribution in [0.5, 0.6) is 0 Å². The first-order chi connectivity index (χ1) is 13.8. The fourth-order valence-electron chi connectivity index (χ4n) is 3.72. The van der Waals surface area contributed by atoms with Gasteiger partial charge in [-0.05, 0) is 49.8 Å². The van der Waals surface area contributed by atoms with Crippen LogP contribution >= 0.6 is 0 Å². The molecule has 1 N–H and O–H groups in total. The van der Waals surface area contributed by atoms with Gasteiger partial charge in [-0.3, -0.25) is 9.59 Å². The van der Waals surface area contributed by atoms with Gasteiger partial charge in [-0.25, -0.2) is 8.42 Å². The molecule has 2 amide bonds.